The second kappa shape index (κ2) is 3.55. The highest BCUT2D eigenvalue weighted by molar-refractivity contribution is 6.95. The summed E-state index contributed by atoms with van der Waals surface area (Å²) in [6.07, 6.45) is 0. The summed E-state index contributed by atoms with van der Waals surface area (Å²) < 4.78 is 9.63. The molecule has 9 heavy (non-hydrogen) atoms. The molecule has 0 atom stereocenters. The van der Waals surface area contributed by atoms with Crippen LogP contribution in [0.4, 0.5) is 0 Å². The van der Waals surface area contributed by atoms with Crippen molar-refractivity contribution in [1.29, 1.82) is 0 Å². The topological polar surface area (TPSA) is 35.5 Å². The van der Waals surface area contributed by atoms with Gasteiger partial charge in [-0.3, -0.25) is 0 Å². The van der Waals surface area contributed by atoms with Gasteiger partial charge in [0.1, 0.15) is 0 Å². The maximum Gasteiger partial charge on any atom is 0.432 e. The fraction of sp³-hybridized carbons (Fsp3) is 0.400. The number of hydrogen-bond donors (Lipinski definition) is 0. The Morgan fingerprint density at radius 1 is 1.44 bits per heavy atom. The van der Waals surface area contributed by atoms with Gasteiger partial charge in [-0.05, 0) is 5.70 Å². The van der Waals surface area contributed by atoms with E-state index in [1.165, 1.54) is 19.9 Å². The highest BCUT2D eigenvalue weighted by Crippen LogP contribution is 2.00. The largest absolute Gasteiger partial charge is 0.432 e. The average molecular weight is 146 g/mol. The summed E-state index contributed by atoms with van der Waals surface area (Å²) in [6, 6.07) is 0. The van der Waals surface area contributed by atoms with Crippen molar-refractivity contribution in [3.8, 4) is 0 Å². The van der Waals surface area contributed by atoms with E-state index in [0.717, 1.165) is 0 Å². The van der Waals surface area contributed by atoms with E-state index in [1.54, 1.807) is 0 Å². The van der Waals surface area contributed by atoms with Gasteiger partial charge in [0.05, 0.1) is 0 Å². The van der Waals surface area contributed by atoms with Gasteiger partial charge >= 0.3 is 8.56 Å². The SMILES string of the molecule is C=C[Si](C=O)(OC)OC. The molecular weight excluding hydrogens is 136 g/mol. The first-order valence-corrected chi connectivity index (χ1v) is 4.42. The first-order chi connectivity index (χ1) is 4.24. The summed E-state index contributed by atoms with van der Waals surface area (Å²) in [4.78, 5) is 10.3. The Kier molecular flexibility index (Phi) is 3.37. The predicted molar refractivity (Wildman–Crippen MR) is 36.7 cm³/mol. The van der Waals surface area contributed by atoms with E-state index < -0.39 is 8.56 Å². The van der Waals surface area contributed by atoms with Crippen molar-refractivity contribution in [2.45, 2.75) is 0 Å². The van der Waals surface area contributed by atoms with Crippen LogP contribution in [0.3, 0.4) is 0 Å². The zero-order chi connectivity index (χ0) is 7.33. The Morgan fingerprint density at radius 2 is 1.89 bits per heavy atom. The lowest BCUT2D eigenvalue weighted by Gasteiger charge is -2.14. The molecule has 0 aliphatic carbocycles. The van der Waals surface area contributed by atoms with E-state index in [0.29, 0.717) is 5.91 Å². The van der Waals surface area contributed by atoms with Gasteiger partial charge in [-0.25, -0.2) is 0 Å². The third-order valence-corrected chi connectivity index (χ3v) is 3.26. The molecule has 0 bridgehead atoms. The molecule has 0 aliphatic rings. The number of carbonyl (C=O) groups is 1. The Hall–Kier alpha value is -0.453. The van der Waals surface area contributed by atoms with Gasteiger partial charge in [-0.15, -0.1) is 6.58 Å². The van der Waals surface area contributed by atoms with E-state index in [4.69, 9.17) is 8.85 Å². The standard InChI is InChI=1S/C5H10O3Si/c1-4-9(5-6,7-2)8-3/h4-5H,1H2,2-3H3. The molecule has 0 aromatic rings. The van der Waals surface area contributed by atoms with Gasteiger partial charge in [0, 0.05) is 14.2 Å². The fourth-order valence-electron chi connectivity index (χ4n) is 0.394. The first kappa shape index (κ1) is 8.55. The molecule has 0 aliphatic heterocycles. The molecule has 4 heteroatoms. The van der Waals surface area contributed by atoms with Crippen LogP contribution in [0.5, 0.6) is 0 Å². The van der Waals surface area contributed by atoms with E-state index in [9.17, 15) is 4.79 Å². The fourth-order valence-corrected chi connectivity index (χ4v) is 1.18. The van der Waals surface area contributed by atoms with E-state index >= 15 is 0 Å². The van der Waals surface area contributed by atoms with Gasteiger partial charge in [0.25, 0.3) is 0 Å². The normalized spacial score (nSPS) is 10.9. The van der Waals surface area contributed by atoms with E-state index in [2.05, 4.69) is 6.58 Å². The Balaban J connectivity index is 4.15. The van der Waals surface area contributed by atoms with E-state index in [-0.39, 0.29) is 0 Å². The van der Waals surface area contributed by atoms with Crippen molar-refractivity contribution in [1.82, 2.24) is 0 Å². The monoisotopic (exact) mass is 146 g/mol. The minimum Gasteiger partial charge on any atom is -0.390 e. The lowest BCUT2D eigenvalue weighted by Crippen LogP contribution is -2.40. The number of rotatable bonds is 4. The Morgan fingerprint density at radius 3 is 1.89 bits per heavy atom. The molecule has 0 aromatic carbocycles. The summed E-state index contributed by atoms with van der Waals surface area (Å²) in [5.41, 5.74) is 1.43. The van der Waals surface area contributed by atoms with Crippen LogP contribution in [0, 0.1) is 0 Å². The van der Waals surface area contributed by atoms with Crippen LogP contribution in [0.15, 0.2) is 12.3 Å². The third-order valence-electron chi connectivity index (χ3n) is 1.09. The molecule has 0 N–H and O–H groups in total. The lowest BCUT2D eigenvalue weighted by molar-refractivity contribution is 0.272. The van der Waals surface area contributed by atoms with Gasteiger partial charge in [-0.1, -0.05) is 0 Å². The molecule has 0 saturated heterocycles. The van der Waals surface area contributed by atoms with Crippen LogP contribution < -0.4 is 0 Å². The minimum atomic E-state index is -2.61. The van der Waals surface area contributed by atoms with Crippen LogP contribution in [0.2, 0.25) is 0 Å². The smallest absolute Gasteiger partial charge is 0.390 e. The van der Waals surface area contributed by atoms with E-state index in [1.807, 2.05) is 0 Å². The minimum absolute atomic E-state index is 0.681. The highest BCUT2D eigenvalue weighted by Gasteiger charge is 2.30. The van der Waals surface area contributed by atoms with Gasteiger partial charge < -0.3 is 13.6 Å². The quantitative estimate of drug-likeness (QED) is 0.420. The number of hydrogen-bond acceptors (Lipinski definition) is 3. The summed E-state index contributed by atoms with van der Waals surface area (Å²) >= 11 is 0. The van der Waals surface area contributed by atoms with Crippen molar-refractivity contribution in [2.24, 2.45) is 0 Å². The van der Waals surface area contributed by atoms with Crippen LogP contribution in [-0.4, -0.2) is 28.7 Å². The maximum absolute atomic E-state index is 10.3. The Bertz CT molecular complexity index is 98.8. The molecule has 0 fully saturated rings. The predicted octanol–water partition coefficient (Wildman–Crippen LogP) is 0.218. The Labute approximate surface area is 55.5 Å². The first-order valence-electron chi connectivity index (χ1n) is 2.45. The van der Waals surface area contributed by atoms with Crippen molar-refractivity contribution >= 4 is 14.5 Å². The van der Waals surface area contributed by atoms with Crippen LogP contribution in [0.1, 0.15) is 0 Å². The van der Waals surface area contributed by atoms with Crippen LogP contribution in [0.25, 0.3) is 0 Å². The van der Waals surface area contributed by atoms with Crippen molar-refractivity contribution < 1.29 is 13.6 Å². The molecule has 0 saturated carbocycles. The molecule has 0 aromatic heterocycles. The van der Waals surface area contributed by atoms with Crippen LogP contribution >= 0.6 is 0 Å². The number of carbonyl (C=O) groups excluding carboxylic acids is 1. The molecule has 0 unspecified atom stereocenters. The molecule has 0 heterocycles. The summed E-state index contributed by atoms with van der Waals surface area (Å²) in [5.74, 6) is 0.681. The highest BCUT2D eigenvalue weighted by atomic mass is 28.4. The third kappa shape index (κ3) is 1.74. The average Bonchev–Trinajstić information content (AvgIpc) is 1.95. The van der Waals surface area contributed by atoms with Gasteiger partial charge in [0.15, 0.2) is 5.91 Å². The van der Waals surface area contributed by atoms with Crippen LogP contribution in [-0.2, 0) is 13.6 Å². The second-order valence-corrected chi connectivity index (χ2v) is 4.35. The summed E-state index contributed by atoms with van der Waals surface area (Å²) in [6.45, 7) is 3.43. The summed E-state index contributed by atoms with van der Waals surface area (Å²) in [7, 11) is 0.265. The van der Waals surface area contributed by atoms with Gasteiger partial charge in [0.2, 0.25) is 0 Å². The van der Waals surface area contributed by atoms with Crippen molar-refractivity contribution in [3.05, 3.63) is 12.3 Å². The molecule has 0 rings (SSSR count). The lowest BCUT2D eigenvalue weighted by atomic mass is 11.3. The molecule has 52 valence electrons. The van der Waals surface area contributed by atoms with Crippen molar-refractivity contribution in [3.63, 3.8) is 0 Å². The summed E-state index contributed by atoms with van der Waals surface area (Å²) in [5, 5.41) is 0. The molecular formula is C5H10O3Si. The van der Waals surface area contributed by atoms with Gasteiger partial charge in [-0.2, -0.15) is 0 Å². The zero-order valence-corrected chi connectivity index (χ0v) is 6.59. The van der Waals surface area contributed by atoms with Crippen molar-refractivity contribution in [2.75, 3.05) is 14.2 Å². The molecule has 0 spiro atoms. The molecule has 3 nitrogen and oxygen atoms in total. The second-order valence-electron chi connectivity index (χ2n) is 1.45. The molecule has 0 radical (unpaired) electrons. The maximum atomic E-state index is 10.3. The molecule has 0 amide bonds. The zero-order valence-electron chi connectivity index (χ0n) is 5.59.